The van der Waals surface area contributed by atoms with Gasteiger partial charge in [0.05, 0.1) is 18.6 Å². The fraction of sp³-hybridized carbons (Fsp3) is 0.727. The van der Waals surface area contributed by atoms with Crippen molar-refractivity contribution in [1.82, 2.24) is 20.0 Å². The van der Waals surface area contributed by atoms with Gasteiger partial charge in [0.25, 0.3) is 10.0 Å². The number of H-pyrrole nitrogens is 1. The van der Waals surface area contributed by atoms with E-state index in [1.54, 1.807) is 0 Å². The quantitative estimate of drug-likeness (QED) is 0.606. The molecule has 8 heteroatoms. The van der Waals surface area contributed by atoms with Crippen molar-refractivity contribution in [3.63, 3.8) is 0 Å². The Hall–Kier alpha value is -0.960. The molecule has 1 fully saturated rings. The first-order chi connectivity index (χ1) is 9.18. The lowest BCUT2D eigenvalue weighted by molar-refractivity contribution is 0.0322. The lowest BCUT2D eigenvalue weighted by atomic mass is 10.1. The average molecular weight is 288 g/mol. The topological polar surface area (TPSA) is 96.1 Å². The first-order valence-corrected chi connectivity index (χ1v) is 7.97. The van der Waals surface area contributed by atoms with E-state index >= 15 is 0 Å². The number of piperidine rings is 1. The number of imidazole rings is 1. The summed E-state index contributed by atoms with van der Waals surface area (Å²) in [6.07, 6.45) is 5.66. The Balaban J connectivity index is 1.61. The molecule has 0 aromatic carbocycles. The van der Waals surface area contributed by atoms with Crippen molar-refractivity contribution in [2.24, 2.45) is 0 Å². The van der Waals surface area contributed by atoms with E-state index in [0.717, 1.165) is 25.9 Å². The maximum atomic E-state index is 11.7. The average Bonchev–Trinajstić information content (AvgIpc) is 2.94. The number of rotatable bonds is 7. The molecule has 0 amide bonds. The summed E-state index contributed by atoms with van der Waals surface area (Å²) < 4.78 is 31.7. The molecular formula is C11H20N4O3S. The van der Waals surface area contributed by atoms with E-state index < -0.39 is 10.0 Å². The maximum absolute atomic E-state index is 11.7. The van der Waals surface area contributed by atoms with Crippen LogP contribution in [0.25, 0.3) is 0 Å². The van der Waals surface area contributed by atoms with Crippen LogP contribution in [-0.2, 0) is 14.8 Å². The van der Waals surface area contributed by atoms with Gasteiger partial charge in [-0.1, -0.05) is 0 Å². The minimum atomic E-state index is -3.46. The monoisotopic (exact) mass is 288 g/mol. The van der Waals surface area contributed by atoms with Gasteiger partial charge in [-0.25, -0.2) is 18.1 Å². The highest BCUT2D eigenvalue weighted by Gasteiger charge is 2.15. The van der Waals surface area contributed by atoms with Crippen molar-refractivity contribution >= 4 is 10.0 Å². The third-order valence-corrected chi connectivity index (χ3v) is 4.40. The van der Waals surface area contributed by atoms with Crippen molar-refractivity contribution in [3.05, 3.63) is 12.5 Å². The van der Waals surface area contributed by atoms with Crippen LogP contribution in [-0.4, -0.2) is 50.7 Å². The smallest absolute Gasteiger partial charge is 0.257 e. The van der Waals surface area contributed by atoms with Gasteiger partial charge in [-0.05, 0) is 32.4 Å². The summed E-state index contributed by atoms with van der Waals surface area (Å²) in [5.41, 5.74) is 0. The number of hydrogen-bond donors (Lipinski definition) is 3. The lowest BCUT2D eigenvalue weighted by Gasteiger charge is -2.22. The van der Waals surface area contributed by atoms with Gasteiger partial charge in [-0.3, -0.25) is 0 Å². The number of sulfonamides is 1. The fourth-order valence-electron chi connectivity index (χ4n) is 1.96. The zero-order chi connectivity index (χ0) is 13.6. The molecule has 1 aliphatic rings. The molecule has 0 atom stereocenters. The molecule has 3 N–H and O–H groups in total. The maximum Gasteiger partial charge on any atom is 0.257 e. The van der Waals surface area contributed by atoms with Crippen molar-refractivity contribution < 1.29 is 13.2 Å². The number of nitrogens with one attached hydrogen (secondary N) is 3. The number of ether oxygens (including phenoxy) is 1. The molecule has 0 saturated carbocycles. The molecule has 19 heavy (non-hydrogen) atoms. The molecule has 0 spiro atoms. The van der Waals surface area contributed by atoms with Gasteiger partial charge >= 0.3 is 0 Å². The Morgan fingerprint density at radius 1 is 1.42 bits per heavy atom. The lowest BCUT2D eigenvalue weighted by Crippen LogP contribution is -2.33. The number of hydrogen-bond acceptors (Lipinski definition) is 5. The van der Waals surface area contributed by atoms with Crippen molar-refractivity contribution in [2.45, 2.75) is 30.4 Å². The summed E-state index contributed by atoms with van der Waals surface area (Å²) in [6, 6.07) is 0. The summed E-state index contributed by atoms with van der Waals surface area (Å²) >= 11 is 0. The van der Waals surface area contributed by atoms with E-state index in [-0.39, 0.29) is 5.03 Å². The van der Waals surface area contributed by atoms with Crippen LogP contribution in [0.2, 0.25) is 0 Å². The zero-order valence-electron chi connectivity index (χ0n) is 10.8. The molecule has 0 radical (unpaired) electrons. The predicted molar refractivity (Wildman–Crippen MR) is 70.2 cm³/mol. The highest BCUT2D eigenvalue weighted by Crippen LogP contribution is 2.07. The molecule has 108 valence electrons. The molecule has 1 aliphatic heterocycles. The van der Waals surface area contributed by atoms with E-state index in [1.807, 2.05) is 0 Å². The van der Waals surface area contributed by atoms with E-state index in [4.69, 9.17) is 4.74 Å². The van der Waals surface area contributed by atoms with Gasteiger partial charge < -0.3 is 15.0 Å². The number of nitrogens with zero attached hydrogens (tertiary/aromatic N) is 1. The molecule has 0 aliphatic carbocycles. The second-order valence-corrected chi connectivity index (χ2v) is 6.22. The van der Waals surface area contributed by atoms with Crippen LogP contribution >= 0.6 is 0 Å². The summed E-state index contributed by atoms with van der Waals surface area (Å²) in [7, 11) is -3.46. The first-order valence-electron chi connectivity index (χ1n) is 6.49. The minimum absolute atomic E-state index is 0.0896. The summed E-state index contributed by atoms with van der Waals surface area (Å²) in [5, 5.41) is 3.36. The van der Waals surface area contributed by atoms with Crippen molar-refractivity contribution in [2.75, 3.05) is 26.2 Å². The standard InChI is InChI=1S/C11H20N4O3S/c16-19(17,11-8-13-9-14-11)15-4-1-7-18-10-2-5-12-6-3-10/h8-10,12,15H,1-7H2,(H,13,14). The van der Waals surface area contributed by atoms with Gasteiger partial charge in [0.2, 0.25) is 0 Å². The fourth-order valence-corrected chi connectivity index (χ4v) is 2.93. The first kappa shape index (κ1) is 14.4. The van der Waals surface area contributed by atoms with E-state index in [0.29, 0.717) is 25.7 Å². The molecule has 7 nitrogen and oxygen atoms in total. The molecule has 0 bridgehead atoms. The second kappa shape index (κ2) is 6.99. The normalized spacial score (nSPS) is 17.7. The number of aromatic nitrogens is 2. The van der Waals surface area contributed by atoms with Crippen molar-refractivity contribution in [1.29, 1.82) is 0 Å². The molecule has 2 heterocycles. The van der Waals surface area contributed by atoms with Gasteiger partial charge in [0.1, 0.15) is 0 Å². The Labute approximate surface area is 113 Å². The predicted octanol–water partition coefficient (Wildman–Crippen LogP) is -0.153. The van der Waals surface area contributed by atoms with E-state index in [9.17, 15) is 8.42 Å². The van der Waals surface area contributed by atoms with Gasteiger partial charge in [-0.15, -0.1) is 0 Å². The van der Waals surface area contributed by atoms with Crippen LogP contribution in [0.4, 0.5) is 0 Å². The summed E-state index contributed by atoms with van der Waals surface area (Å²) in [6.45, 7) is 2.94. The largest absolute Gasteiger partial charge is 0.378 e. The summed E-state index contributed by atoms with van der Waals surface area (Å²) in [5.74, 6) is 0. The van der Waals surface area contributed by atoms with Crippen LogP contribution < -0.4 is 10.0 Å². The third-order valence-electron chi connectivity index (χ3n) is 3.02. The molecule has 2 rings (SSSR count). The van der Waals surface area contributed by atoms with Gasteiger partial charge in [0.15, 0.2) is 5.03 Å². The summed E-state index contributed by atoms with van der Waals surface area (Å²) in [4.78, 5) is 6.26. The van der Waals surface area contributed by atoms with E-state index in [2.05, 4.69) is 20.0 Å². The Morgan fingerprint density at radius 2 is 2.21 bits per heavy atom. The van der Waals surface area contributed by atoms with Crippen LogP contribution in [0, 0.1) is 0 Å². The SMILES string of the molecule is O=S(=O)(NCCCOC1CCNCC1)c1cnc[nH]1. The van der Waals surface area contributed by atoms with Crippen LogP contribution in [0.1, 0.15) is 19.3 Å². The molecule has 1 aromatic heterocycles. The van der Waals surface area contributed by atoms with Gasteiger partial charge in [0, 0.05) is 13.2 Å². The Kier molecular flexibility index (Phi) is 5.32. The molecule has 0 unspecified atom stereocenters. The van der Waals surface area contributed by atoms with Gasteiger partial charge in [-0.2, -0.15) is 0 Å². The third kappa shape index (κ3) is 4.57. The molecular weight excluding hydrogens is 268 g/mol. The van der Waals surface area contributed by atoms with Crippen LogP contribution in [0.15, 0.2) is 17.6 Å². The zero-order valence-corrected chi connectivity index (χ0v) is 11.6. The highest BCUT2D eigenvalue weighted by atomic mass is 32.2. The number of aromatic amines is 1. The Morgan fingerprint density at radius 3 is 2.89 bits per heavy atom. The Bertz CT molecular complexity index is 454. The second-order valence-electron chi connectivity index (χ2n) is 4.49. The molecule has 1 aromatic rings. The van der Waals surface area contributed by atoms with Crippen molar-refractivity contribution in [3.8, 4) is 0 Å². The van der Waals surface area contributed by atoms with Crippen LogP contribution in [0.3, 0.4) is 0 Å². The minimum Gasteiger partial charge on any atom is -0.378 e. The van der Waals surface area contributed by atoms with E-state index in [1.165, 1.54) is 12.5 Å². The highest BCUT2D eigenvalue weighted by molar-refractivity contribution is 7.89. The molecule has 1 saturated heterocycles. The van der Waals surface area contributed by atoms with Crippen LogP contribution in [0.5, 0.6) is 0 Å².